The van der Waals surface area contributed by atoms with E-state index in [1.165, 1.54) is 4.31 Å². The van der Waals surface area contributed by atoms with Gasteiger partial charge in [-0.25, -0.2) is 16.8 Å². The van der Waals surface area contributed by atoms with Gasteiger partial charge in [-0.15, -0.1) is 0 Å². The lowest BCUT2D eigenvalue weighted by Gasteiger charge is -2.35. The maximum Gasteiger partial charge on any atom is 0.271 e. The molecule has 0 atom stereocenters. The molecule has 1 aliphatic heterocycles. The molecule has 35 heavy (non-hydrogen) atoms. The molecule has 1 heterocycles. The number of ether oxygens (including phenoxy) is 2. The standard InChI is InChI=1S/C22H28BrN3O7S2/c1-16(2)33-18-5-7-19(8-6-18)35(30,31)26-12-10-25(11-13-26)17-4-9-20(23)21(14-17)32-15-22(27)24-34(3,28)29/h4-9,14,16H,10-13,15H2,1-3H3,(H,24,27). The molecule has 1 fully saturated rings. The number of carbonyl (C=O) groups is 1. The predicted octanol–water partition coefficient (Wildman–Crippen LogP) is 2.20. The van der Waals surface area contributed by atoms with Crippen molar-refractivity contribution in [3.63, 3.8) is 0 Å². The van der Waals surface area contributed by atoms with E-state index in [4.69, 9.17) is 9.47 Å². The van der Waals surface area contributed by atoms with E-state index in [2.05, 4.69) is 15.9 Å². The number of anilines is 1. The molecule has 0 aliphatic carbocycles. The summed E-state index contributed by atoms with van der Waals surface area (Å²) in [7, 11) is -7.30. The van der Waals surface area contributed by atoms with Crippen LogP contribution in [0.15, 0.2) is 51.8 Å². The average Bonchev–Trinajstić information content (AvgIpc) is 2.77. The third-order valence-electron chi connectivity index (χ3n) is 5.01. The lowest BCUT2D eigenvalue weighted by Crippen LogP contribution is -2.48. The molecule has 1 saturated heterocycles. The molecule has 1 N–H and O–H groups in total. The van der Waals surface area contributed by atoms with Crippen LogP contribution in [0.25, 0.3) is 0 Å². The number of hydrogen-bond acceptors (Lipinski definition) is 8. The number of benzene rings is 2. The van der Waals surface area contributed by atoms with Crippen molar-refractivity contribution >= 4 is 47.6 Å². The molecule has 1 amide bonds. The van der Waals surface area contributed by atoms with Crippen LogP contribution in [0.3, 0.4) is 0 Å². The summed E-state index contributed by atoms with van der Waals surface area (Å²) in [5.41, 5.74) is 0.791. The van der Waals surface area contributed by atoms with Crippen LogP contribution in [0.2, 0.25) is 0 Å². The number of nitrogens with one attached hydrogen (secondary N) is 1. The SMILES string of the molecule is CC(C)Oc1ccc(S(=O)(=O)N2CCN(c3ccc(Br)c(OCC(=O)NS(C)(=O)=O)c3)CC2)cc1. The highest BCUT2D eigenvalue weighted by Crippen LogP contribution is 2.31. The first kappa shape index (κ1) is 27.2. The van der Waals surface area contributed by atoms with Gasteiger partial charge in [0.25, 0.3) is 5.91 Å². The Morgan fingerprint density at radius 3 is 2.23 bits per heavy atom. The van der Waals surface area contributed by atoms with Crippen LogP contribution in [0, 0.1) is 0 Å². The van der Waals surface area contributed by atoms with E-state index >= 15 is 0 Å². The number of amides is 1. The van der Waals surface area contributed by atoms with Crippen LogP contribution in [-0.4, -0.2) is 72.2 Å². The molecule has 192 valence electrons. The maximum atomic E-state index is 13.1. The minimum Gasteiger partial charge on any atom is -0.491 e. The van der Waals surface area contributed by atoms with Crippen molar-refractivity contribution in [1.29, 1.82) is 0 Å². The van der Waals surface area contributed by atoms with Crippen LogP contribution in [0.5, 0.6) is 11.5 Å². The van der Waals surface area contributed by atoms with Gasteiger partial charge in [-0.1, -0.05) is 0 Å². The number of halogens is 1. The molecule has 13 heteroatoms. The largest absolute Gasteiger partial charge is 0.491 e. The Balaban J connectivity index is 1.63. The monoisotopic (exact) mass is 589 g/mol. The molecule has 3 rings (SSSR count). The third kappa shape index (κ3) is 7.56. The number of hydrogen-bond donors (Lipinski definition) is 1. The molecule has 0 aromatic heterocycles. The molecule has 2 aromatic rings. The molecule has 0 unspecified atom stereocenters. The fourth-order valence-electron chi connectivity index (χ4n) is 3.48. The van der Waals surface area contributed by atoms with E-state index in [-0.39, 0.29) is 11.0 Å². The van der Waals surface area contributed by atoms with Gasteiger partial charge in [0.1, 0.15) is 11.5 Å². The van der Waals surface area contributed by atoms with Crippen molar-refractivity contribution in [2.24, 2.45) is 0 Å². The molecule has 0 radical (unpaired) electrons. The maximum absolute atomic E-state index is 13.1. The normalized spacial score (nSPS) is 15.2. The summed E-state index contributed by atoms with van der Waals surface area (Å²) < 4.78 is 63.4. The molecule has 2 aromatic carbocycles. The van der Waals surface area contributed by atoms with Gasteiger partial charge in [-0.2, -0.15) is 4.31 Å². The molecule has 0 spiro atoms. The van der Waals surface area contributed by atoms with Crippen molar-refractivity contribution in [2.75, 3.05) is 43.9 Å². The van der Waals surface area contributed by atoms with Crippen molar-refractivity contribution in [2.45, 2.75) is 24.8 Å². The second-order valence-electron chi connectivity index (χ2n) is 8.23. The Kier molecular flexibility index (Phi) is 8.67. The summed E-state index contributed by atoms with van der Waals surface area (Å²) in [4.78, 5) is 14.0. The van der Waals surface area contributed by atoms with E-state index < -0.39 is 32.6 Å². The van der Waals surface area contributed by atoms with Crippen molar-refractivity contribution in [3.8, 4) is 11.5 Å². The Morgan fingerprint density at radius 1 is 1.03 bits per heavy atom. The lowest BCUT2D eigenvalue weighted by atomic mass is 10.2. The molecule has 10 nitrogen and oxygen atoms in total. The first-order valence-electron chi connectivity index (χ1n) is 10.8. The zero-order valence-electron chi connectivity index (χ0n) is 19.6. The summed E-state index contributed by atoms with van der Waals surface area (Å²) in [6.45, 7) is 4.86. The van der Waals surface area contributed by atoms with E-state index in [0.29, 0.717) is 42.2 Å². The second-order valence-corrected chi connectivity index (χ2v) is 12.8. The van der Waals surface area contributed by atoms with Gasteiger partial charge in [0, 0.05) is 37.9 Å². The molecule has 1 aliphatic rings. The topological polar surface area (TPSA) is 122 Å². The smallest absolute Gasteiger partial charge is 0.271 e. The van der Waals surface area contributed by atoms with Gasteiger partial charge in [-0.3, -0.25) is 9.52 Å². The zero-order chi connectivity index (χ0) is 25.8. The van der Waals surface area contributed by atoms with Crippen LogP contribution in [0.4, 0.5) is 5.69 Å². The highest BCUT2D eigenvalue weighted by atomic mass is 79.9. The van der Waals surface area contributed by atoms with E-state index in [9.17, 15) is 21.6 Å². The van der Waals surface area contributed by atoms with Crippen LogP contribution < -0.4 is 19.1 Å². The lowest BCUT2D eigenvalue weighted by molar-refractivity contribution is -0.121. The molecular weight excluding hydrogens is 562 g/mol. The number of sulfonamides is 2. The quantitative estimate of drug-likeness (QED) is 0.472. The second kappa shape index (κ2) is 11.1. The highest BCUT2D eigenvalue weighted by molar-refractivity contribution is 9.10. The first-order chi connectivity index (χ1) is 16.3. The van der Waals surface area contributed by atoms with Gasteiger partial charge >= 0.3 is 0 Å². The fraction of sp³-hybridized carbons (Fsp3) is 0.409. The zero-order valence-corrected chi connectivity index (χ0v) is 22.8. The molecular formula is C22H28BrN3O7S2. The minimum atomic E-state index is -3.67. The van der Waals surface area contributed by atoms with Crippen molar-refractivity contribution < 1.29 is 31.1 Å². The van der Waals surface area contributed by atoms with Crippen molar-refractivity contribution in [3.05, 3.63) is 46.9 Å². The van der Waals surface area contributed by atoms with Crippen molar-refractivity contribution in [1.82, 2.24) is 9.03 Å². The van der Waals surface area contributed by atoms with Gasteiger partial charge in [0.2, 0.25) is 20.0 Å². The summed E-state index contributed by atoms with van der Waals surface area (Å²) in [5, 5.41) is 0. The third-order valence-corrected chi connectivity index (χ3v) is 8.18. The first-order valence-corrected chi connectivity index (χ1v) is 14.9. The van der Waals surface area contributed by atoms with Gasteiger partial charge < -0.3 is 14.4 Å². The average molecular weight is 591 g/mol. The van der Waals surface area contributed by atoms with Crippen LogP contribution >= 0.6 is 15.9 Å². The Labute approximate surface area is 214 Å². The van der Waals surface area contributed by atoms with Gasteiger partial charge in [-0.05, 0) is 66.2 Å². The van der Waals surface area contributed by atoms with Crippen LogP contribution in [-0.2, 0) is 24.8 Å². The van der Waals surface area contributed by atoms with E-state index in [1.807, 2.05) is 29.5 Å². The number of rotatable bonds is 9. The summed E-state index contributed by atoms with van der Waals surface area (Å²) in [5.74, 6) is 0.197. The number of carbonyl (C=O) groups excluding carboxylic acids is 1. The Hall–Kier alpha value is -2.35. The summed E-state index contributed by atoms with van der Waals surface area (Å²) in [6.07, 6.45) is 0.886. The molecule has 0 saturated carbocycles. The Bertz CT molecular complexity index is 1260. The summed E-state index contributed by atoms with van der Waals surface area (Å²) in [6, 6.07) is 11.7. The van der Waals surface area contributed by atoms with E-state index in [1.54, 1.807) is 36.4 Å². The summed E-state index contributed by atoms with van der Waals surface area (Å²) >= 11 is 3.36. The minimum absolute atomic E-state index is 0.000277. The predicted molar refractivity (Wildman–Crippen MR) is 136 cm³/mol. The van der Waals surface area contributed by atoms with E-state index in [0.717, 1.165) is 11.9 Å². The number of nitrogens with zero attached hydrogens (tertiary/aromatic N) is 2. The highest BCUT2D eigenvalue weighted by Gasteiger charge is 2.29. The number of piperazine rings is 1. The van der Waals surface area contributed by atoms with Gasteiger partial charge in [0.15, 0.2) is 6.61 Å². The molecule has 0 bridgehead atoms. The van der Waals surface area contributed by atoms with Gasteiger partial charge in [0.05, 0.1) is 21.7 Å². The Morgan fingerprint density at radius 2 is 1.66 bits per heavy atom. The fourth-order valence-corrected chi connectivity index (χ4v) is 5.73. The van der Waals surface area contributed by atoms with Crippen LogP contribution in [0.1, 0.15) is 13.8 Å².